The van der Waals surface area contributed by atoms with Gasteiger partial charge in [0.2, 0.25) is 6.79 Å². The van der Waals surface area contributed by atoms with E-state index in [1.165, 1.54) is 24.7 Å². The number of nitrogen functional groups attached to an aromatic ring is 1. The fourth-order valence-corrected chi connectivity index (χ4v) is 3.15. The van der Waals surface area contributed by atoms with Crippen LogP contribution in [0.3, 0.4) is 0 Å². The first-order valence-corrected chi connectivity index (χ1v) is 9.82. The number of nitrogens with zero attached hydrogens (tertiary/aromatic N) is 2. The second-order valence-corrected chi connectivity index (χ2v) is 6.95. The molecule has 4 N–H and O–H groups in total. The number of aromatic nitrogens is 2. The van der Waals surface area contributed by atoms with Gasteiger partial charge in [0.15, 0.2) is 23.1 Å². The summed E-state index contributed by atoms with van der Waals surface area (Å²) in [6.45, 7) is 3.02. The minimum Gasteiger partial charge on any atom is -0.454 e. The van der Waals surface area contributed by atoms with E-state index in [0.29, 0.717) is 23.9 Å². The molecule has 0 spiro atoms. The molecule has 1 aliphatic rings. The summed E-state index contributed by atoms with van der Waals surface area (Å²) >= 11 is 0. The molecule has 0 radical (unpaired) electrons. The molecule has 0 aliphatic carbocycles. The largest absolute Gasteiger partial charge is 0.454 e. The summed E-state index contributed by atoms with van der Waals surface area (Å²) < 4.78 is 10.8. The number of nitrogens with one attached hydrogen (secondary N) is 2. The van der Waals surface area contributed by atoms with Crippen LogP contribution in [-0.2, 0) is 13.0 Å². The first kappa shape index (κ1) is 18.9. The minimum atomic E-state index is 0.264. The van der Waals surface area contributed by atoms with Gasteiger partial charge in [-0.3, -0.25) is 0 Å². The van der Waals surface area contributed by atoms with E-state index in [1.807, 2.05) is 30.3 Å². The van der Waals surface area contributed by atoms with Gasteiger partial charge in [-0.15, -0.1) is 0 Å². The lowest BCUT2D eigenvalue weighted by atomic mass is 10.1. The van der Waals surface area contributed by atoms with Crippen molar-refractivity contribution in [1.82, 2.24) is 9.97 Å². The number of nitrogens with two attached hydrogens (primary N) is 1. The van der Waals surface area contributed by atoms with Crippen LogP contribution in [0.25, 0.3) is 0 Å². The molecule has 0 fully saturated rings. The highest BCUT2D eigenvalue weighted by molar-refractivity contribution is 5.77. The quantitative estimate of drug-likeness (QED) is 0.521. The predicted molar refractivity (Wildman–Crippen MR) is 115 cm³/mol. The topological polar surface area (TPSA) is 94.3 Å². The van der Waals surface area contributed by atoms with Crippen molar-refractivity contribution in [3.8, 4) is 11.5 Å². The third-order valence-corrected chi connectivity index (χ3v) is 4.82. The number of hydrogen-bond donors (Lipinski definition) is 3. The number of fused-ring (bicyclic) bond motifs is 1. The third-order valence-electron chi connectivity index (χ3n) is 4.82. The summed E-state index contributed by atoms with van der Waals surface area (Å²) in [5.74, 6) is 2.68. The summed E-state index contributed by atoms with van der Waals surface area (Å²) in [6, 6.07) is 14.2. The van der Waals surface area contributed by atoms with Gasteiger partial charge in [-0.2, -0.15) is 0 Å². The second kappa shape index (κ2) is 8.68. The highest BCUT2D eigenvalue weighted by Gasteiger charge is 2.14. The fourth-order valence-electron chi connectivity index (χ4n) is 3.15. The average Bonchev–Trinajstić information content (AvgIpc) is 3.22. The standard InChI is InChI=1S/C22H25N5O2/c1-2-3-4-15-5-8-17(9-6-15)27-22-20(23)21(25-13-26-22)24-12-16-7-10-18-19(11-16)29-14-28-18/h5-11,13H,2-4,12,14,23H2,1H3,(H2,24,25,26,27). The molecule has 2 heterocycles. The summed E-state index contributed by atoms with van der Waals surface area (Å²) in [4.78, 5) is 8.56. The molecule has 1 aliphatic heterocycles. The molecule has 29 heavy (non-hydrogen) atoms. The monoisotopic (exact) mass is 391 g/mol. The van der Waals surface area contributed by atoms with Crippen molar-refractivity contribution in [2.24, 2.45) is 0 Å². The van der Waals surface area contributed by atoms with Crippen LogP contribution in [0.2, 0.25) is 0 Å². The lowest BCUT2D eigenvalue weighted by Gasteiger charge is -2.13. The summed E-state index contributed by atoms with van der Waals surface area (Å²) in [7, 11) is 0. The minimum absolute atomic E-state index is 0.264. The van der Waals surface area contributed by atoms with Crippen molar-refractivity contribution in [2.75, 3.05) is 23.2 Å². The number of hydrogen-bond acceptors (Lipinski definition) is 7. The number of rotatable bonds is 8. The van der Waals surface area contributed by atoms with Crippen LogP contribution in [0.15, 0.2) is 48.8 Å². The van der Waals surface area contributed by atoms with Gasteiger partial charge < -0.3 is 25.8 Å². The Balaban J connectivity index is 1.41. The molecule has 0 saturated carbocycles. The zero-order valence-electron chi connectivity index (χ0n) is 16.4. The summed E-state index contributed by atoms with van der Waals surface area (Å²) in [5, 5.41) is 6.54. The molecule has 0 amide bonds. The Labute approximate surface area is 170 Å². The summed E-state index contributed by atoms with van der Waals surface area (Å²) in [5.41, 5.74) is 10.1. The lowest BCUT2D eigenvalue weighted by molar-refractivity contribution is 0.174. The van der Waals surface area contributed by atoms with Crippen LogP contribution < -0.4 is 25.8 Å². The molecular formula is C22H25N5O2. The maximum atomic E-state index is 6.29. The molecule has 7 heteroatoms. The second-order valence-electron chi connectivity index (χ2n) is 6.95. The van der Waals surface area contributed by atoms with Crippen LogP contribution in [0.5, 0.6) is 11.5 Å². The first-order valence-electron chi connectivity index (χ1n) is 9.82. The van der Waals surface area contributed by atoms with Crippen LogP contribution in [0.4, 0.5) is 23.0 Å². The SMILES string of the molecule is CCCCc1ccc(Nc2ncnc(NCc3ccc4c(c3)OCO4)c2N)cc1. The van der Waals surface area contributed by atoms with E-state index < -0.39 is 0 Å². The number of benzene rings is 2. The van der Waals surface area contributed by atoms with Crippen molar-refractivity contribution in [3.05, 3.63) is 59.9 Å². The van der Waals surface area contributed by atoms with Gasteiger partial charge in [-0.25, -0.2) is 9.97 Å². The zero-order chi connectivity index (χ0) is 20.1. The smallest absolute Gasteiger partial charge is 0.231 e. The molecule has 7 nitrogen and oxygen atoms in total. The van der Waals surface area contributed by atoms with Crippen LogP contribution in [0.1, 0.15) is 30.9 Å². The van der Waals surface area contributed by atoms with E-state index in [1.54, 1.807) is 0 Å². The molecule has 1 aromatic heterocycles. The van der Waals surface area contributed by atoms with E-state index in [4.69, 9.17) is 15.2 Å². The van der Waals surface area contributed by atoms with Gasteiger partial charge in [0, 0.05) is 12.2 Å². The predicted octanol–water partition coefficient (Wildman–Crippen LogP) is 4.49. The third kappa shape index (κ3) is 4.51. The Hall–Kier alpha value is -3.48. The van der Waals surface area contributed by atoms with E-state index in [-0.39, 0.29) is 6.79 Å². The summed E-state index contributed by atoms with van der Waals surface area (Å²) in [6.07, 6.45) is 4.99. The molecule has 3 aromatic rings. The Morgan fingerprint density at radius 1 is 0.966 bits per heavy atom. The normalized spacial score (nSPS) is 12.0. The number of ether oxygens (including phenoxy) is 2. The maximum Gasteiger partial charge on any atom is 0.231 e. The van der Waals surface area contributed by atoms with Crippen LogP contribution >= 0.6 is 0 Å². The van der Waals surface area contributed by atoms with Crippen molar-refractivity contribution in [2.45, 2.75) is 32.7 Å². The lowest BCUT2D eigenvalue weighted by Crippen LogP contribution is -2.08. The molecule has 4 rings (SSSR count). The van der Waals surface area contributed by atoms with Crippen molar-refractivity contribution in [3.63, 3.8) is 0 Å². The molecule has 0 bridgehead atoms. The van der Waals surface area contributed by atoms with E-state index in [2.05, 4.69) is 39.7 Å². The van der Waals surface area contributed by atoms with E-state index >= 15 is 0 Å². The fraction of sp³-hybridized carbons (Fsp3) is 0.273. The number of unbranched alkanes of at least 4 members (excludes halogenated alkanes) is 1. The van der Waals surface area contributed by atoms with Crippen LogP contribution in [0, 0.1) is 0 Å². The van der Waals surface area contributed by atoms with Gasteiger partial charge in [0.05, 0.1) is 0 Å². The molecule has 2 aromatic carbocycles. The van der Waals surface area contributed by atoms with E-state index in [0.717, 1.165) is 29.2 Å². The van der Waals surface area contributed by atoms with Crippen molar-refractivity contribution in [1.29, 1.82) is 0 Å². The number of anilines is 4. The Kier molecular flexibility index (Phi) is 5.65. The first-order chi connectivity index (χ1) is 14.2. The molecule has 0 atom stereocenters. The van der Waals surface area contributed by atoms with Gasteiger partial charge in [-0.05, 0) is 48.2 Å². The Morgan fingerprint density at radius 2 is 1.72 bits per heavy atom. The van der Waals surface area contributed by atoms with Crippen LogP contribution in [-0.4, -0.2) is 16.8 Å². The van der Waals surface area contributed by atoms with Gasteiger partial charge in [0.25, 0.3) is 0 Å². The Bertz CT molecular complexity index is 975. The molecular weight excluding hydrogens is 366 g/mol. The van der Waals surface area contributed by atoms with Gasteiger partial charge in [-0.1, -0.05) is 31.5 Å². The van der Waals surface area contributed by atoms with E-state index in [9.17, 15) is 0 Å². The Morgan fingerprint density at radius 3 is 2.55 bits per heavy atom. The highest BCUT2D eigenvalue weighted by atomic mass is 16.7. The maximum absolute atomic E-state index is 6.29. The van der Waals surface area contributed by atoms with Gasteiger partial charge in [0.1, 0.15) is 12.0 Å². The molecule has 0 unspecified atom stereocenters. The zero-order valence-corrected chi connectivity index (χ0v) is 16.4. The van der Waals surface area contributed by atoms with Gasteiger partial charge >= 0.3 is 0 Å². The molecule has 150 valence electrons. The highest BCUT2D eigenvalue weighted by Crippen LogP contribution is 2.33. The molecule has 0 saturated heterocycles. The number of aryl methyl sites for hydroxylation is 1. The van der Waals surface area contributed by atoms with Crippen molar-refractivity contribution >= 4 is 23.0 Å². The van der Waals surface area contributed by atoms with Crippen molar-refractivity contribution < 1.29 is 9.47 Å². The average molecular weight is 391 g/mol.